The Morgan fingerprint density at radius 3 is 2.67 bits per heavy atom. The third-order valence-electron chi connectivity index (χ3n) is 4.53. The first kappa shape index (κ1) is 18.5. The number of anilines is 2. The molecule has 0 amide bonds. The summed E-state index contributed by atoms with van der Waals surface area (Å²) in [6.45, 7) is 6.59. The number of hydrogen-bond donors (Lipinski definition) is 0. The molecule has 1 aromatic heterocycles. The summed E-state index contributed by atoms with van der Waals surface area (Å²) in [7, 11) is 0. The molecule has 0 bridgehead atoms. The second-order valence-corrected chi connectivity index (χ2v) is 9.60. The van der Waals surface area contributed by atoms with Gasteiger partial charge in [-0.25, -0.2) is 0 Å². The van der Waals surface area contributed by atoms with Crippen LogP contribution in [0.5, 0.6) is 11.6 Å². The second-order valence-electron chi connectivity index (χ2n) is 7.53. The van der Waals surface area contributed by atoms with E-state index >= 15 is 0 Å². The molecule has 0 spiro atoms. The predicted octanol–water partition coefficient (Wildman–Crippen LogP) is 5.17. The Labute approximate surface area is 173 Å². The van der Waals surface area contributed by atoms with Gasteiger partial charge in [-0.05, 0) is 0 Å². The quantitative estimate of drug-likeness (QED) is 0.530. The van der Waals surface area contributed by atoms with Crippen LogP contribution in [0.1, 0.15) is 26.3 Å². The average Bonchev–Trinajstić information content (AvgIpc) is 3.04. The van der Waals surface area contributed by atoms with Crippen molar-refractivity contribution in [2.24, 2.45) is 0 Å². The van der Waals surface area contributed by atoms with Crippen LogP contribution in [0, 0.1) is 0 Å². The Hall–Kier alpha value is -1.90. The first-order chi connectivity index (χ1) is 12.9. The standard InChI is InChI=1S/C22H21AsN2OS/c1-22(2,3)16-7-4-5-9-19(16)26-21-18(8-6-12-24-21)25-14-27-20-13-15(23)10-11-17(20)25/h4-13H,14H2,1-3H3. The van der Waals surface area contributed by atoms with Crippen molar-refractivity contribution in [3.8, 4) is 11.6 Å². The molecule has 0 saturated carbocycles. The van der Waals surface area contributed by atoms with Crippen LogP contribution in [0.3, 0.4) is 0 Å². The van der Waals surface area contributed by atoms with Crippen LogP contribution in [-0.4, -0.2) is 27.7 Å². The van der Waals surface area contributed by atoms with E-state index in [1.54, 1.807) is 6.20 Å². The van der Waals surface area contributed by atoms with Crippen LogP contribution in [0.2, 0.25) is 0 Å². The molecule has 5 heteroatoms. The van der Waals surface area contributed by atoms with Crippen molar-refractivity contribution in [1.29, 1.82) is 0 Å². The van der Waals surface area contributed by atoms with Gasteiger partial charge in [0.05, 0.1) is 0 Å². The van der Waals surface area contributed by atoms with E-state index in [9.17, 15) is 0 Å². The molecule has 1 aliphatic rings. The van der Waals surface area contributed by atoms with Crippen molar-refractivity contribution in [3.63, 3.8) is 0 Å². The zero-order valence-corrected chi connectivity index (χ0v) is 18.3. The van der Waals surface area contributed by atoms with Crippen LogP contribution >= 0.6 is 11.8 Å². The van der Waals surface area contributed by atoms with Crippen LogP contribution in [0.4, 0.5) is 11.4 Å². The normalized spacial score (nSPS) is 13.6. The molecule has 3 aromatic rings. The van der Waals surface area contributed by atoms with Crippen molar-refractivity contribution in [2.75, 3.05) is 10.8 Å². The van der Waals surface area contributed by atoms with Gasteiger partial charge in [-0.3, -0.25) is 0 Å². The molecule has 0 saturated heterocycles. The van der Waals surface area contributed by atoms with Crippen molar-refractivity contribution in [2.45, 2.75) is 31.1 Å². The second kappa shape index (κ2) is 7.25. The van der Waals surface area contributed by atoms with E-state index in [4.69, 9.17) is 4.74 Å². The first-order valence-electron chi connectivity index (χ1n) is 8.89. The summed E-state index contributed by atoms with van der Waals surface area (Å²) in [5.41, 5.74) is 3.37. The number of fused-ring (bicyclic) bond motifs is 1. The van der Waals surface area contributed by atoms with E-state index in [0.717, 1.165) is 17.3 Å². The molecular weight excluding hydrogens is 415 g/mol. The molecule has 2 heterocycles. The molecule has 27 heavy (non-hydrogen) atoms. The van der Waals surface area contributed by atoms with Crippen LogP contribution < -0.4 is 14.0 Å². The monoisotopic (exact) mass is 436 g/mol. The van der Waals surface area contributed by atoms with E-state index in [0.29, 0.717) is 5.88 Å². The van der Waals surface area contributed by atoms with Gasteiger partial charge in [0.1, 0.15) is 0 Å². The number of rotatable bonds is 3. The summed E-state index contributed by atoms with van der Waals surface area (Å²) < 4.78 is 7.57. The van der Waals surface area contributed by atoms with Gasteiger partial charge in [0, 0.05) is 0 Å². The topological polar surface area (TPSA) is 25.4 Å². The SMILES string of the molecule is CC(C)(C)c1ccccc1Oc1ncccc1N1CSc2cc([As])ccc21. The summed E-state index contributed by atoms with van der Waals surface area (Å²) in [6, 6.07) is 18.8. The number of aromatic nitrogens is 1. The Bertz CT molecular complexity index is 984. The average molecular weight is 436 g/mol. The Morgan fingerprint density at radius 1 is 1.04 bits per heavy atom. The van der Waals surface area contributed by atoms with Gasteiger partial charge < -0.3 is 0 Å². The maximum absolute atomic E-state index is 6.35. The molecule has 0 fully saturated rings. The molecule has 1 aliphatic heterocycles. The van der Waals surface area contributed by atoms with Crippen molar-refractivity contribution >= 4 is 44.3 Å². The number of pyridine rings is 1. The van der Waals surface area contributed by atoms with Gasteiger partial charge in [0.15, 0.2) is 0 Å². The fraction of sp³-hybridized carbons (Fsp3) is 0.227. The molecule has 2 radical (unpaired) electrons. The summed E-state index contributed by atoms with van der Waals surface area (Å²) in [5, 5.41) is 0. The molecule has 0 unspecified atom stereocenters. The van der Waals surface area contributed by atoms with Gasteiger partial charge in [-0.2, -0.15) is 0 Å². The van der Waals surface area contributed by atoms with E-state index in [1.807, 2.05) is 30.0 Å². The molecule has 136 valence electrons. The van der Waals surface area contributed by atoms with Gasteiger partial charge in [-0.15, -0.1) is 0 Å². The number of benzene rings is 2. The van der Waals surface area contributed by atoms with Crippen LogP contribution in [0.25, 0.3) is 0 Å². The number of ether oxygens (including phenoxy) is 1. The molecule has 0 atom stereocenters. The Kier molecular flexibility index (Phi) is 4.96. The van der Waals surface area contributed by atoms with Crippen LogP contribution in [0.15, 0.2) is 65.7 Å². The van der Waals surface area contributed by atoms with Crippen LogP contribution in [-0.2, 0) is 5.41 Å². The van der Waals surface area contributed by atoms with E-state index in [-0.39, 0.29) is 5.41 Å². The number of para-hydroxylation sites is 1. The van der Waals surface area contributed by atoms with Gasteiger partial charge in [0.25, 0.3) is 0 Å². The number of hydrogen-bond acceptors (Lipinski definition) is 4. The van der Waals surface area contributed by atoms with E-state index in [2.05, 4.69) is 83.9 Å². The zero-order valence-electron chi connectivity index (χ0n) is 15.6. The summed E-state index contributed by atoms with van der Waals surface area (Å²) in [4.78, 5) is 8.12. The molecule has 0 N–H and O–H groups in total. The summed E-state index contributed by atoms with van der Waals surface area (Å²) in [5.74, 6) is 2.35. The Morgan fingerprint density at radius 2 is 1.85 bits per heavy atom. The molecular formula is C22H21AsN2OS. The summed E-state index contributed by atoms with van der Waals surface area (Å²) in [6.07, 6.45) is 1.79. The van der Waals surface area contributed by atoms with Gasteiger partial charge >= 0.3 is 174 Å². The number of nitrogens with zero attached hydrogens (tertiary/aromatic N) is 2. The fourth-order valence-corrected chi connectivity index (χ4v) is 4.89. The Balaban J connectivity index is 1.73. The van der Waals surface area contributed by atoms with Gasteiger partial charge in [-0.1, -0.05) is 0 Å². The molecule has 2 aromatic carbocycles. The minimum atomic E-state index is -0.00257. The third-order valence-corrected chi connectivity index (χ3v) is 6.14. The summed E-state index contributed by atoms with van der Waals surface area (Å²) >= 11 is 4.45. The first-order valence-corrected chi connectivity index (χ1v) is 10.8. The molecule has 4 rings (SSSR count). The van der Waals surface area contributed by atoms with Gasteiger partial charge in [0.2, 0.25) is 0 Å². The van der Waals surface area contributed by atoms with Crippen molar-refractivity contribution < 1.29 is 4.74 Å². The number of thioether (sulfide) groups is 1. The van der Waals surface area contributed by atoms with Crippen molar-refractivity contribution in [1.82, 2.24) is 4.98 Å². The third kappa shape index (κ3) is 3.74. The maximum atomic E-state index is 6.35. The molecule has 3 nitrogen and oxygen atoms in total. The zero-order chi connectivity index (χ0) is 19.0. The van der Waals surface area contributed by atoms with E-state index < -0.39 is 0 Å². The van der Waals surface area contributed by atoms with Crippen molar-refractivity contribution in [3.05, 3.63) is 66.4 Å². The fourth-order valence-electron chi connectivity index (χ4n) is 3.19. The molecule has 0 aliphatic carbocycles. The van der Waals surface area contributed by atoms with E-state index in [1.165, 1.54) is 20.5 Å². The minimum absolute atomic E-state index is 0.00257. The predicted molar refractivity (Wildman–Crippen MR) is 114 cm³/mol.